The van der Waals surface area contributed by atoms with Crippen molar-refractivity contribution in [2.24, 2.45) is 0 Å². The molecule has 0 fully saturated rings. The van der Waals surface area contributed by atoms with Crippen molar-refractivity contribution in [2.75, 3.05) is 0 Å². The minimum atomic E-state index is 0.849. The first-order valence-electron chi connectivity index (χ1n) is 7.87. The first-order valence-corrected chi connectivity index (χ1v) is 9.46. The fourth-order valence-corrected chi connectivity index (χ4v) is 3.92. The van der Waals surface area contributed by atoms with Gasteiger partial charge < -0.3 is 22.1 Å². The Morgan fingerprint density at radius 1 is 0.333 bits per heavy atom. The van der Waals surface area contributed by atoms with Crippen molar-refractivity contribution in [2.45, 2.75) is 0 Å². The van der Waals surface area contributed by atoms with E-state index in [9.17, 15) is 0 Å². The van der Waals surface area contributed by atoms with E-state index in [2.05, 4.69) is 31.9 Å². The van der Waals surface area contributed by atoms with Crippen LogP contribution in [0.15, 0.2) is 93.7 Å². The van der Waals surface area contributed by atoms with Crippen molar-refractivity contribution in [3.05, 3.63) is 71.6 Å². The Kier molecular flexibility index (Phi) is 3.98. The fraction of sp³-hybridized carbons (Fsp3) is 0. The van der Waals surface area contributed by atoms with E-state index in [0.29, 0.717) is 0 Å². The molecule has 5 aromatic heterocycles. The molecule has 0 bridgehead atoms. The molecule has 0 unspecified atom stereocenters. The third-order valence-electron chi connectivity index (χ3n) is 4.38. The van der Waals surface area contributed by atoms with E-state index in [1.807, 2.05) is 0 Å². The highest BCUT2D eigenvalue weighted by molar-refractivity contribution is 9.11. The average Bonchev–Trinajstić information content (AvgIpc) is 3.44. The lowest BCUT2D eigenvalue weighted by molar-refractivity contribution is 0.563. The van der Waals surface area contributed by atoms with Crippen molar-refractivity contribution < 1.29 is 22.1 Å². The van der Waals surface area contributed by atoms with Gasteiger partial charge in [0, 0.05) is 44.5 Å². The molecule has 0 atom stereocenters. The minimum Gasteiger partial charge on any atom is -0.471 e. The third kappa shape index (κ3) is 2.65. The van der Waals surface area contributed by atoms with Gasteiger partial charge in [0.25, 0.3) is 0 Å². The summed E-state index contributed by atoms with van der Waals surface area (Å²) in [5.74, 6) is 0. The maximum absolute atomic E-state index is 5.54. The standard InChI is InChI=1S/C20H10Br2O5/c21-19-9-26-7-17(19)15-5-24-3-13(15)11-1-23-2-12(11)14-4-25-6-16(14)18-8-27-10-20(18)22/h1-10H. The Morgan fingerprint density at radius 3 is 0.815 bits per heavy atom. The molecule has 0 radical (unpaired) electrons. The molecule has 134 valence electrons. The van der Waals surface area contributed by atoms with Crippen LogP contribution in [0, 0.1) is 0 Å². The second-order valence-corrected chi connectivity index (χ2v) is 7.57. The van der Waals surface area contributed by atoms with E-state index in [1.165, 1.54) is 0 Å². The lowest BCUT2D eigenvalue weighted by atomic mass is 9.95. The average molecular weight is 490 g/mol. The van der Waals surface area contributed by atoms with Crippen LogP contribution in [0.5, 0.6) is 0 Å². The Hall–Kier alpha value is -2.64. The Morgan fingerprint density at radius 2 is 0.556 bits per heavy atom. The first-order chi connectivity index (χ1) is 13.2. The molecular weight excluding hydrogens is 480 g/mol. The van der Waals surface area contributed by atoms with Crippen LogP contribution in [0.2, 0.25) is 0 Å². The van der Waals surface area contributed by atoms with Crippen molar-refractivity contribution in [3.63, 3.8) is 0 Å². The topological polar surface area (TPSA) is 65.7 Å². The van der Waals surface area contributed by atoms with Crippen molar-refractivity contribution in [1.82, 2.24) is 0 Å². The normalized spacial score (nSPS) is 11.3. The minimum absolute atomic E-state index is 0.849. The van der Waals surface area contributed by atoms with Crippen LogP contribution in [-0.4, -0.2) is 0 Å². The molecule has 5 nitrogen and oxygen atoms in total. The molecule has 0 N–H and O–H groups in total. The number of hydrogen-bond donors (Lipinski definition) is 0. The zero-order chi connectivity index (χ0) is 18.4. The molecule has 0 spiro atoms. The van der Waals surface area contributed by atoms with Gasteiger partial charge >= 0.3 is 0 Å². The van der Waals surface area contributed by atoms with Gasteiger partial charge in [0.2, 0.25) is 0 Å². The van der Waals surface area contributed by atoms with Gasteiger partial charge in [0.05, 0.1) is 59.1 Å². The molecule has 7 heteroatoms. The summed E-state index contributed by atoms with van der Waals surface area (Å²) < 4.78 is 28.8. The van der Waals surface area contributed by atoms with Gasteiger partial charge in [0.15, 0.2) is 0 Å². The summed E-state index contributed by atoms with van der Waals surface area (Å²) in [6.07, 6.45) is 16.7. The van der Waals surface area contributed by atoms with Gasteiger partial charge in [-0.15, -0.1) is 0 Å². The molecule has 0 saturated carbocycles. The van der Waals surface area contributed by atoms with Crippen molar-refractivity contribution in [3.8, 4) is 44.5 Å². The van der Waals surface area contributed by atoms with Crippen LogP contribution < -0.4 is 0 Å². The summed E-state index contributed by atoms with van der Waals surface area (Å²) in [7, 11) is 0. The smallest absolute Gasteiger partial charge is 0.105 e. The largest absolute Gasteiger partial charge is 0.471 e. The van der Waals surface area contributed by atoms with E-state index in [-0.39, 0.29) is 0 Å². The summed E-state index contributed by atoms with van der Waals surface area (Å²) in [6, 6.07) is 0. The van der Waals surface area contributed by atoms with E-state index in [1.54, 1.807) is 62.6 Å². The fourth-order valence-electron chi connectivity index (χ4n) is 3.09. The SMILES string of the molecule is Brc1cocc1-c1cocc1-c1cocc1-c1cocc1-c1cocc1Br. The highest BCUT2D eigenvalue weighted by atomic mass is 79.9. The van der Waals surface area contributed by atoms with Crippen LogP contribution in [0.3, 0.4) is 0 Å². The first kappa shape index (κ1) is 16.5. The van der Waals surface area contributed by atoms with Gasteiger partial charge in [-0.2, -0.15) is 0 Å². The maximum Gasteiger partial charge on any atom is 0.105 e. The summed E-state index contributed by atoms with van der Waals surface area (Å²) in [6.45, 7) is 0. The lowest BCUT2D eigenvalue weighted by Gasteiger charge is -2.04. The Balaban J connectivity index is 1.67. The van der Waals surface area contributed by atoms with E-state index >= 15 is 0 Å². The van der Waals surface area contributed by atoms with Gasteiger partial charge in [0.1, 0.15) is 12.5 Å². The number of halogens is 2. The lowest BCUT2D eigenvalue weighted by Crippen LogP contribution is -1.82. The summed E-state index contributed by atoms with van der Waals surface area (Å²) in [5.41, 5.74) is 7.13. The molecule has 0 aromatic carbocycles. The third-order valence-corrected chi connectivity index (χ3v) is 5.60. The molecule has 5 rings (SSSR count). The van der Waals surface area contributed by atoms with Gasteiger partial charge in [-0.1, -0.05) is 0 Å². The van der Waals surface area contributed by atoms with Crippen LogP contribution in [-0.2, 0) is 0 Å². The highest BCUT2D eigenvalue weighted by Crippen LogP contribution is 2.45. The zero-order valence-electron chi connectivity index (χ0n) is 13.6. The summed E-state index contributed by atoms with van der Waals surface area (Å²) in [5, 5.41) is 0. The molecule has 0 aliphatic heterocycles. The van der Waals surface area contributed by atoms with E-state index in [4.69, 9.17) is 22.1 Å². The predicted molar refractivity (Wildman–Crippen MR) is 105 cm³/mol. The highest BCUT2D eigenvalue weighted by Gasteiger charge is 2.22. The van der Waals surface area contributed by atoms with Crippen molar-refractivity contribution >= 4 is 31.9 Å². The Bertz CT molecular complexity index is 1120. The van der Waals surface area contributed by atoms with Crippen LogP contribution in [0.1, 0.15) is 0 Å². The molecular formula is C20H10Br2O5. The number of furan rings is 5. The van der Waals surface area contributed by atoms with Gasteiger partial charge in [-0.3, -0.25) is 0 Å². The summed E-state index contributed by atoms with van der Waals surface area (Å²) >= 11 is 7.00. The number of hydrogen-bond acceptors (Lipinski definition) is 5. The second-order valence-electron chi connectivity index (χ2n) is 5.86. The molecule has 0 aliphatic rings. The zero-order valence-corrected chi connectivity index (χ0v) is 16.7. The van der Waals surface area contributed by atoms with Crippen LogP contribution in [0.25, 0.3) is 44.5 Å². The monoisotopic (exact) mass is 488 g/mol. The predicted octanol–water partition coefficient (Wildman–Crippen LogP) is 7.84. The van der Waals surface area contributed by atoms with Crippen LogP contribution >= 0.6 is 31.9 Å². The van der Waals surface area contributed by atoms with Crippen LogP contribution in [0.4, 0.5) is 0 Å². The molecule has 0 saturated heterocycles. The van der Waals surface area contributed by atoms with E-state index < -0.39 is 0 Å². The Labute approximate surface area is 169 Å². The molecule has 5 heterocycles. The molecule has 0 aliphatic carbocycles. The van der Waals surface area contributed by atoms with Crippen molar-refractivity contribution in [1.29, 1.82) is 0 Å². The van der Waals surface area contributed by atoms with Gasteiger partial charge in [-0.05, 0) is 31.9 Å². The summed E-state index contributed by atoms with van der Waals surface area (Å²) in [4.78, 5) is 0. The molecule has 27 heavy (non-hydrogen) atoms. The van der Waals surface area contributed by atoms with E-state index in [0.717, 1.165) is 53.5 Å². The van der Waals surface area contributed by atoms with Gasteiger partial charge in [-0.25, -0.2) is 0 Å². The molecule has 5 aromatic rings. The molecule has 0 amide bonds. The maximum atomic E-state index is 5.54. The second kappa shape index (κ2) is 6.51. The quantitative estimate of drug-likeness (QED) is 0.257. The number of rotatable bonds is 4.